The van der Waals surface area contributed by atoms with Gasteiger partial charge < -0.3 is 33.5 Å². The Kier molecular flexibility index (Phi) is 4.90. The average molecular weight is 493 g/mol. The topological polar surface area (TPSA) is 92.7 Å². The lowest BCUT2D eigenvalue weighted by Gasteiger charge is -2.37. The van der Waals surface area contributed by atoms with Gasteiger partial charge in [0.25, 0.3) is 0 Å². The van der Waals surface area contributed by atoms with Crippen molar-refractivity contribution in [1.29, 1.82) is 0 Å². The molecule has 5 rings (SSSR count). The largest absolute Gasteiger partial charge is 0.493 e. The molecule has 1 N–H and O–H groups in total. The third kappa shape index (κ3) is 2.86. The fourth-order valence-electron chi connectivity index (χ4n) is 4.87. The molecule has 4 atom stereocenters. The standard InChI is InChI=1S/C22H21BrO8/c1-26-15-6-11(18(23)21(28-3)20(15)27-2)16-9-4-13-14(31-8-30-13)5-10(9)19(24)12-7-29-22(25)17(12)16/h4-6,12,16-17,19,24H,7-8H2,1-3H3/t12-,16-,17-,19-/m0/s1. The summed E-state index contributed by atoms with van der Waals surface area (Å²) in [5, 5.41) is 11.1. The molecule has 0 aromatic heterocycles. The number of fused-ring (bicyclic) bond motifs is 3. The SMILES string of the molecule is COc1cc([C@@H]2c3cc4c(cc3[C@H](O)[C@H]3COC(=O)[C@H]23)OCO4)c(Br)c(OC)c1OC. The first kappa shape index (κ1) is 20.3. The van der Waals surface area contributed by atoms with Crippen LogP contribution in [0.25, 0.3) is 0 Å². The maximum atomic E-state index is 12.8. The summed E-state index contributed by atoms with van der Waals surface area (Å²) in [6.45, 7) is 0.263. The van der Waals surface area contributed by atoms with Crippen LogP contribution in [0.2, 0.25) is 0 Å². The summed E-state index contributed by atoms with van der Waals surface area (Å²) in [6, 6.07) is 5.45. The van der Waals surface area contributed by atoms with Crippen molar-refractivity contribution in [3.05, 3.63) is 39.4 Å². The minimum atomic E-state index is -0.863. The normalized spacial score (nSPS) is 25.5. The van der Waals surface area contributed by atoms with Crippen LogP contribution in [-0.2, 0) is 9.53 Å². The predicted octanol–water partition coefficient (Wildman–Crippen LogP) is 3.17. The number of aliphatic hydroxyl groups excluding tert-OH is 1. The minimum absolute atomic E-state index is 0.113. The summed E-state index contributed by atoms with van der Waals surface area (Å²) in [5.74, 6) is 0.746. The second-order valence-electron chi connectivity index (χ2n) is 7.63. The molecular weight excluding hydrogens is 472 g/mol. The monoisotopic (exact) mass is 492 g/mol. The van der Waals surface area contributed by atoms with Gasteiger partial charge in [-0.2, -0.15) is 0 Å². The summed E-state index contributed by atoms with van der Waals surface area (Å²) in [5.41, 5.74) is 2.22. The lowest BCUT2D eigenvalue weighted by Crippen LogP contribution is -2.34. The molecular formula is C22H21BrO8. The zero-order valence-electron chi connectivity index (χ0n) is 17.1. The Labute approximate surface area is 187 Å². The van der Waals surface area contributed by atoms with E-state index in [1.165, 1.54) is 21.3 Å². The van der Waals surface area contributed by atoms with E-state index in [4.69, 9.17) is 28.4 Å². The zero-order chi connectivity index (χ0) is 21.9. The van der Waals surface area contributed by atoms with E-state index in [0.717, 1.165) is 11.1 Å². The molecule has 2 aromatic rings. The number of carbonyl (C=O) groups excluding carboxylic acids is 1. The second kappa shape index (κ2) is 7.49. The number of rotatable bonds is 4. The van der Waals surface area contributed by atoms with E-state index >= 15 is 0 Å². The molecule has 0 saturated carbocycles. The highest BCUT2D eigenvalue weighted by atomic mass is 79.9. The maximum Gasteiger partial charge on any atom is 0.310 e. The van der Waals surface area contributed by atoms with Crippen LogP contribution >= 0.6 is 15.9 Å². The molecule has 164 valence electrons. The van der Waals surface area contributed by atoms with Gasteiger partial charge in [-0.15, -0.1) is 0 Å². The molecule has 0 bridgehead atoms. The van der Waals surface area contributed by atoms with Gasteiger partial charge >= 0.3 is 5.97 Å². The molecule has 0 spiro atoms. The second-order valence-corrected chi connectivity index (χ2v) is 8.42. The molecule has 1 aliphatic carbocycles. The number of hydrogen-bond acceptors (Lipinski definition) is 8. The Hall–Kier alpha value is -2.65. The fourth-order valence-corrected chi connectivity index (χ4v) is 5.58. The molecule has 31 heavy (non-hydrogen) atoms. The Morgan fingerprint density at radius 3 is 2.26 bits per heavy atom. The molecule has 2 heterocycles. The molecule has 1 fully saturated rings. The molecule has 0 radical (unpaired) electrons. The smallest absolute Gasteiger partial charge is 0.310 e. The van der Waals surface area contributed by atoms with Gasteiger partial charge in [-0.1, -0.05) is 0 Å². The Balaban J connectivity index is 1.78. The van der Waals surface area contributed by atoms with Gasteiger partial charge in [0, 0.05) is 11.8 Å². The average Bonchev–Trinajstić information content (AvgIpc) is 3.39. The molecule has 1 saturated heterocycles. The zero-order valence-corrected chi connectivity index (χ0v) is 18.7. The predicted molar refractivity (Wildman–Crippen MR) is 111 cm³/mol. The van der Waals surface area contributed by atoms with Crippen LogP contribution in [0.1, 0.15) is 28.7 Å². The molecule has 2 aliphatic heterocycles. The molecule has 2 aromatic carbocycles. The highest BCUT2D eigenvalue weighted by Crippen LogP contribution is 2.57. The summed E-state index contributed by atoms with van der Waals surface area (Å²) >= 11 is 3.65. The minimum Gasteiger partial charge on any atom is -0.493 e. The number of cyclic esters (lactones) is 1. The fraction of sp³-hybridized carbons (Fsp3) is 0.409. The van der Waals surface area contributed by atoms with Crippen molar-refractivity contribution in [3.8, 4) is 28.7 Å². The van der Waals surface area contributed by atoms with Crippen LogP contribution in [0.4, 0.5) is 0 Å². The van der Waals surface area contributed by atoms with Crippen LogP contribution in [0.5, 0.6) is 28.7 Å². The van der Waals surface area contributed by atoms with Gasteiger partial charge in [0.2, 0.25) is 12.5 Å². The van der Waals surface area contributed by atoms with E-state index in [-0.39, 0.29) is 19.4 Å². The van der Waals surface area contributed by atoms with E-state index in [1.807, 2.05) is 12.1 Å². The number of aliphatic hydroxyl groups is 1. The van der Waals surface area contributed by atoms with Crippen LogP contribution < -0.4 is 23.7 Å². The van der Waals surface area contributed by atoms with Gasteiger partial charge in [-0.25, -0.2) is 0 Å². The third-order valence-corrected chi connectivity index (χ3v) is 7.10. The summed E-state index contributed by atoms with van der Waals surface area (Å²) in [7, 11) is 4.61. The first-order valence-corrected chi connectivity index (χ1v) is 10.6. The van der Waals surface area contributed by atoms with E-state index in [2.05, 4.69) is 15.9 Å². The molecule has 0 amide bonds. The van der Waals surface area contributed by atoms with Crippen molar-refractivity contribution in [2.75, 3.05) is 34.7 Å². The lowest BCUT2D eigenvalue weighted by atomic mass is 9.66. The van der Waals surface area contributed by atoms with E-state index in [0.29, 0.717) is 38.8 Å². The first-order valence-electron chi connectivity index (χ1n) is 9.76. The highest BCUT2D eigenvalue weighted by molar-refractivity contribution is 9.10. The number of hydrogen-bond donors (Lipinski definition) is 1. The first-order chi connectivity index (χ1) is 15.0. The van der Waals surface area contributed by atoms with Crippen molar-refractivity contribution in [1.82, 2.24) is 0 Å². The van der Waals surface area contributed by atoms with Crippen molar-refractivity contribution in [3.63, 3.8) is 0 Å². The Bertz CT molecular complexity index is 1070. The van der Waals surface area contributed by atoms with Crippen LogP contribution in [0, 0.1) is 11.8 Å². The van der Waals surface area contributed by atoms with Gasteiger partial charge in [0.05, 0.1) is 44.4 Å². The summed E-state index contributed by atoms with van der Waals surface area (Å²) in [6.07, 6.45) is -0.863. The highest BCUT2D eigenvalue weighted by Gasteiger charge is 2.52. The lowest BCUT2D eigenvalue weighted by molar-refractivity contribution is -0.141. The van der Waals surface area contributed by atoms with Gasteiger partial charge in [-0.05, 0) is 50.8 Å². The number of methoxy groups -OCH3 is 3. The summed E-state index contributed by atoms with van der Waals surface area (Å²) in [4.78, 5) is 12.8. The Morgan fingerprint density at radius 1 is 0.935 bits per heavy atom. The number of halogens is 1. The number of carbonyl (C=O) groups is 1. The van der Waals surface area contributed by atoms with Gasteiger partial charge in [0.1, 0.15) is 0 Å². The van der Waals surface area contributed by atoms with Gasteiger partial charge in [-0.3, -0.25) is 4.79 Å². The number of esters is 1. The van der Waals surface area contributed by atoms with Crippen molar-refractivity contribution >= 4 is 21.9 Å². The Morgan fingerprint density at radius 2 is 1.61 bits per heavy atom. The molecule has 3 aliphatic rings. The third-order valence-electron chi connectivity index (χ3n) is 6.28. The van der Waals surface area contributed by atoms with Crippen molar-refractivity contribution in [2.45, 2.75) is 12.0 Å². The molecule has 9 heteroatoms. The molecule has 8 nitrogen and oxygen atoms in total. The van der Waals surface area contributed by atoms with E-state index < -0.39 is 23.9 Å². The maximum absolute atomic E-state index is 12.8. The molecule has 0 unspecified atom stereocenters. The van der Waals surface area contributed by atoms with Crippen molar-refractivity contribution < 1.29 is 38.3 Å². The van der Waals surface area contributed by atoms with E-state index in [9.17, 15) is 9.90 Å². The van der Waals surface area contributed by atoms with Crippen LogP contribution in [-0.4, -0.2) is 45.8 Å². The van der Waals surface area contributed by atoms with Crippen LogP contribution in [0.15, 0.2) is 22.7 Å². The van der Waals surface area contributed by atoms with Gasteiger partial charge in [0.15, 0.2) is 23.0 Å². The number of ether oxygens (including phenoxy) is 6. The van der Waals surface area contributed by atoms with Crippen LogP contribution in [0.3, 0.4) is 0 Å². The quantitative estimate of drug-likeness (QED) is 0.650. The number of benzene rings is 2. The van der Waals surface area contributed by atoms with Crippen molar-refractivity contribution in [2.24, 2.45) is 11.8 Å². The van der Waals surface area contributed by atoms with E-state index in [1.54, 1.807) is 6.07 Å². The summed E-state index contributed by atoms with van der Waals surface area (Å²) < 4.78 is 33.8.